The van der Waals surface area contributed by atoms with E-state index in [4.69, 9.17) is 0 Å². The highest BCUT2D eigenvalue weighted by molar-refractivity contribution is 5.94. The number of carbonyl (C=O) groups excluding carboxylic acids is 2. The quantitative estimate of drug-likeness (QED) is 0.837. The van der Waals surface area contributed by atoms with Crippen LogP contribution in [0.25, 0.3) is 0 Å². The predicted octanol–water partition coefficient (Wildman–Crippen LogP) is 2.56. The number of hydrogen-bond donors (Lipinski definition) is 1. The number of anilines is 1. The first-order valence-corrected chi connectivity index (χ1v) is 8.78. The fourth-order valence-corrected chi connectivity index (χ4v) is 2.93. The first-order chi connectivity index (χ1) is 12.4. The van der Waals surface area contributed by atoms with Crippen LogP contribution in [0.2, 0.25) is 0 Å². The molecule has 0 saturated carbocycles. The number of ether oxygens (including phenoxy) is 1. The zero-order chi connectivity index (χ0) is 19.1. The van der Waals surface area contributed by atoms with Crippen LogP contribution >= 0.6 is 0 Å². The van der Waals surface area contributed by atoms with Gasteiger partial charge in [0.15, 0.2) is 0 Å². The molecule has 1 aliphatic rings. The monoisotopic (exact) mass is 369 g/mol. The summed E-state index contributed by atoms with van der Waals surface area (Å²) >= 11 is 0. The minimum absolute atomic E-state index is 0.0410. The predicted molar refractivity (Wildman–Crippen MR) is 94.2 cm³/mol. The van der Waals surface area contributed by atoms with Crippen LogP contribution < -0.4 is 10.1 Å². The number of nitrogens with one attached hydrogen (secondary N) is 1. The highest BCUT2D eigenvalue weighted by atomic mass is 19.3. The molecule has 1 aliphatic heterocycles. The van der Waals surface area contributed by atoms with E-state index in [1.165, 1.54) is 24.3 Å². The summed E-state index contributed by atoms with van der Waals surface area (Å²) in [5.74, 6) is -0.00268. The van der Waals surface area contributed by atoms with Crippen molar-refractivity contribution in [2.45, 2.75) is 39.3 Å². The molecule has 1 heterocycles. The second kappa shape index (κ2) is 9.47. The Bertz CT molecular complexity index is 610. The van der Waals surface area contributed by atoms with Crippen molar-refractivity contribution in [3.8, 4) is 5.75 Å². The van der Waals surface area contributed by atoms with E-state index in [0.29, 0.717) is 31.7 Å². The lowest BCUT2D eigenvalue weighted by Crippen LogP contribution is -2.44. The molecule has 6 nitrogen and oxygen atoms in total. The lowest BCUT2D eigenvalue weighted by atomic mass is 10.2. The van der Waals surface area contributed by atoms with Crippen LogP contribution in [0.3, 0.4) is 0 Å². The molecular formula is C18H25F2N3O3. The summed E-state index contributed by atoms with van der Waals surface area (Å²) in [6.45, 7) is 3.50. The van der Waals surface area contributed by atoms with Crippen LogP contribution in [0, 0.1) is 0 Å². The smallest absolute Gasteiger partial charge is 0.387 e. The summed E-state index contributed by atoms with van der Waals surface area (Å²) in [6.07, 6.45) is 1.31. The molecule has 0 aromatic heterocycles. The molecule has 0 bridgehead atoms. The van der Waals surface area contributed by atoms with Crippen molar-refractivity contribution in [1.82, 2.24) is 9.80 Å². The normalized spacial score (nSPS) is 16.9. The fourth-order valence-electron chi connectivity index (χ4n) is 2.93. The molecule has 1 aromatic carbocycles. The Morgan fingerprint density at radius 1 is 1.15 bits per heavy atom. The molecule has 0 aliphatic carbocycles. The molecule has 1 N–H and O–H groups in total. The largest absolute Gasteiger partial charge is 0.435 e. The first kappa shape index (κ1) is 20.1. The van der Waals surface area contributed by atoms with Gasteiger partial charge in [0.25, 0.3) is 0 Å². The number of hydrogen-bond acceptors (Lipinski definition) is 4. The lowest BCUT2D eigenvalue weighted by molar-refractivity contribution is -0.130. The maximum atomic E-state index is 12.5. The zero-order valence-corrected chi connectivity index (χ0v) is 15.1. The van der Waals surface area contributed by atoms with Gasteiger partial charge in [0, 0.05) is 38.3 Å². The molecule has 1 saturated heterocycles. The number of halogens is 2. The third kappa shape index (κ3) is 5.66. The maximum Gasteiger partial charge on any atom is 0.387 e. The Labute approximate surface area is 152 Å². The van der Waals surface area contributed by atoms with Crippen molar-refractivity contribution >= 4 is 17.5 Å². The zero-order valence-electron chi connectivity index (χ0n) is 15.1. The molecule has 1 atom stereocenters. The molecule has 1 fully saturated rings. The van der Waals surface area contributed by atoms with Crippen molar-refractivity contribution in [2.24, 2.45) is 0 Å². The molecule has 2 rings (SSSR count). The van der Waals surface area contributed by atoms with Gasteiger partial charge >= 0.3 is 6.61 Å². The third-order valence-corrected chi connectivity index (χ3v) is 4.46. The average molecular weight is 369 g/mol. The summed E-state index contributed by atoms with van der Waals surface area (Å²) < 4.78 is 28.6. The molecule has 26 heavy (non-hydrogen) atoms. The van der Waals surface area contributed by atoms with Crippen molar-refractivity contribution in [3.05, 3.63) is 24.3 Å². The van der Waals surface area contributed by atoms with Gasteiger partial charge in [0.05, 0.1) is 6.04 Å². The van der Waals surface area contributed by atoms with E-state index in [2.05, 4.69) is 10.1 Å². The number of rotatable bonds is 6. The standard InChI is InChI=1S/C18H25F2N3O3/c1-3-16(24)23-10-4-9-22(11-12-23)13(2)17(25)21-14-5-7-15(8-6-14)26-18(19)20/h5-8,13,18H,3-4,9-12H2,1-2H3,(H,21,25). The van der Waals surface area contributed by atoms with Gasteiger partial charge < -0.3 is 15.0 Å². The molecule has 0 radical (unpaired) electrons. The van der Waals surface area contributed by atoms with E-state index in [9.17, 15) is 18.4 Å². The summed E-state index contributed by atoms with van der Waals surface area (Å²) in [7, 11) is 0. The lowest BCUT2D eigenvalue weighted by Gasteiger charge is -2.27. The number of nitrogens with zero attached hydrogens (tertiary/aromatic N) is 2. The number of benzene rings is 1. The van der Waals surface area contributed by atoms with Gasteiger partial charge in [0.1, 0.15) is 5.75 Å². The van der Waals surface area contributed by atoms with E-state index in [1.807, 2.05) is 23.6 Å². The third-order valence-electron chi connectivity index (χ3n) is 4.46. The van der Waals surface area contributed by atoms with Crippen molar-refractivity contribution in [2.75, 3.05) is 31.5 Å². The molecule has 0 spiro atoms. The molecule has 144 valence electrons. The van der Waals surface area contributed by atoms with E-state index < -0.39 is 6.61 Å². The highest BCUT2D eigenvalue weighted by Gasteiger charge is 2.25. The van der Waals surface area contributed by atoms with Crippen LogP contribution in [-0.4, -0.2) is 60.4 Å². The highest BCUT2D eigenvalue weighted by Crippen LogP contribution is 2.18. The number of alkyl halides is 2. The van der Waals surface area contributed by atoms with Gasteiger partial charge in [-0.1, -0.05) is 6.92 Å². The van der Waals surface area contributed by atoms with E-state index in [-0.39, 0.29) is 23.6 Å². The van der Waals surface area contributed by atoms with Gasteiger partial charge in [-0.25, -0.2) is 0 Å². The number of carbonyl (C=O) groups is 2. The van der Waals surface area contributed by atoms with Gasteiger partial charge in [-0.05, 0) is 37.6 Å². The molecule has 1 unspecified atom stereocenters. The SMILES string of the molecule is CCC(=O)N1CCCN(C(C)C(=O)Nc2ccc(OC(F)F)cc2)CC1. The van der Waals surface area contributed by atoms with Gasteiger partial charge in [-0.15, -0.1) is 0 Å². The Morgan fingerprint density at radius 2 is 1.85 bits per heavy atom. The van der Waals surface area contributed by atoms with Crippen LogP contribution in [0.15, 0.2) is 24.3 Å². The summed E-state index contributed by atoms with van der Waals surface area (Å²) in [4.78, 5) is 28.2. The molecule has 8 heteroatoms. The summed E-state index contributed by atoms with van der Waals surface area (Å²) in [6, 6.07) is 5.45. The van der Waals surface area contributed by atoms with Crippen molar-refractivity contribution in [1.29, 1.82) is 0 Å². The van der Waals surface area contributed by atoms with Crippen LogP contribution in [0.4, 0.5) is 14.5 Å². The van der Waals surface area contributed by atoms with E-state index in [1.54, 1.807) is 0 Å². The molecule has 2 amide bonds. The Balaban J connectivity index is 1.89. The average Bonchev–Trinajstić information content (AvgIpc) is 2.87. The van der Waals surface area contributed by atoms with Crippen LogP contribution in [-0.2, 0) is 9.59 Å². The second-order valence-electron chi connectivity index (χ2n) is 6.19. The summed E-state index contributed by atoms with van der Waals surface area (Å²) in [5.41, 5.74) is 0.515. The number of amides is 2. The summed E-state index contributed by atoms with van der Waals surface area (Å²) in [5, 5.41) is 2.78. The molecular weight excluding hydrogens is 344 g/mol. The topological polar surface area (TPSA) is 61.9 Å². The van der Waals surface area contributed by atoms with Crippen molar-refractivity contribution in [3.63, 3.8) is 0 Å². The van der Waals surface area contributed by atoms with E-state index >= 15 is 0 Å². The van der Waals surface area contributed by atoms with Gasteiger partial charge in [-0.3, -0.25) is 14.5 Å². The Kier molecular flexibility index (Phi) is 7.32. The minimum Gasteiger partial charge on any atom is -0.435 e. The van der Waals surface area contributed by atoms with Gasteiger partial charge in [0.2, 0.25) is 11.8 Å². The van der Waals surface area contributed by atoms with Crippen LogP contribution in [0.5, 0.6) is 5.75 Å². The van der Waals surface area contributed by atoms with E-state index in [0.717, 1.165) is 13.0 Å². The minimum atomic E-state index is -2.88. The first-order valence-electron chi connectivity index (χ1n) is 8.78. The fraction of sp³-hybridized carbons (Fsp3) is 0.556. The van der Waals surface area contributed by atoms with Gasteiger partial charge in [-0.2, -0.15) is 8.78 Å². The molecule has 1 aromatic rings. The second-order valence-corrected chi connectivity index (χ2v) is 6.19. The van der Waals surface area contributed by atoms with Crippen molar-refractivity contribution < 1.29 is 23.1 Å². The maximum absolute atomic E-state index is 12.5. The van der Waals surface area contributed by atoms with Crippen LogP contribution in [0.1, 0.15) is 26.7 Å². The Morgan fingerprint density at radius 3 is 2.46 bits per heavy atom. The Hall–Kier alpha value is -2.22.